The summed E-state index contributed by atoms with van der Waals surface area (Å²) in [4.78, 5) is 11.0. The van der Waals surface area contributed by atoms with Crippen molar-refractivity contribution in [2.24, 2.45) is 0 Å². The van der Waals surface area contributed by atoms with Crippen LogP contribution in [0.25, 0.3) is 5.69 Å². The molecule has 1 fully saturated rings. The van der Waals surface area contributed by atoms with Crippen LogP contribution in [0.15, 0.2) is 53.7 Å². The highest BCUT2D eigenvalue weighted by atomic mass is 32.2. The van der Waals surface area contributed by atoms with E-state index in [0.29, 0.717) is 37.9 Å². The number of aryl methyl sites for hydroxylation is 1. The summed E-state index contributed by atoms with van der Waals surface area (Å²) < 4.78 is 34.4. The zero-order chi connectivity index (χ0) is 20.4. The van der Waals surface area contributed by atoms with Gasteiger partial charge in [0, 0.05) is 44.6 Å². The van der Waals surface area contributed by atoms with E-state index >= 15 is 0 Å². The first-order valence-electron chi connectivity index (χ1n) is 9.22. The summed E-state index contributed by atoms with van der Waals surface area (Å²) in [5.41, 5.74) is 0.812. The third-order valence-electron chi connectivity index (χ3n) is 4.82. The van der Waals surface area contributed by atoms with E-state index in [-0.39, 0.29) is 4.90 Å². The molecule has 0 saturated carbocycles. The van der Waals surface area contributed by atoms with Gasteiger partial charge < -0.3 is 9.64 Å². The van der Waals surface area contributed by atoms with Crippen LogP contribution in [-0.2, 0) is 10.0 Å². The molecule has 29 heavy (non-hydrogen) atoms. The van der Waals surface area contributed by atoms with Gasteiger partial charge in [0.2, 0.25) is 15.9 Å². The largest absolute Gasteiger partial charge is 0.481 e. The third-order valence-corrected chi connectivity index (χ3v) is 6.73. The predicted octanol–water partition coefficient (Wildman–Crippen LogP) is 1.49. The maximum atomic E-state index is 13.0. The van der Waals surface area contributed by atoms with Crippen LogP contribution in [0.3, 0.4) is 0 Å². The predicted molar refractivity (Wildman–Crippen MR) is 108 cm³/mol. The summed E-state index contributed by atoms with van der Waals surface area (Å²) in [6.07, 6.45) is 3.49. The Hall–Kier alpha value is -2.98. The number of nitrogens with zero attached hydrogens (tertiary/aromatic N) is 6. The van der Waals surface area contributed by atoms with Crippen LogP contribution in [-0.4, -0.2) is 65.8 Å². The van der Waals surface area contributed by atoms with Crippen LogP contribution in [0.4, 0.5) is 5.82 Å². The van der Waals surface area contributed by atoms with E-state index in [9.17, 15) is 8.42 Å². The quantitative estimate of drug-likeness (QED) is 0.624. The molecule has 4 rings (SSSR count). The van der Waals surface area contributed by atoms with Gasteiger partial charge in [-0.1, -0.05) is 0 Å². The summed E-state index contributed by atoms with van der Waals surface area (Å²) in [5.74, 6) is 1.86. The van der Waals surface area contributed by atoms with Crippen molar-refractivity contribution in [1.82, 2.24) is 24.1 Å². The Kier molecular flexibility index (Phi) is 5.20. The first-order chi connectivity index (χ1) is 14.0. The van der Waals surface area contributed by atoms with E-state index < -0.39 is 10.0 Å². The highest BCUT2D eigenvalue weighted by Gasteiger charge is 2.29. The van der Waals surface area contributed by atoms with Crippen molar-refractivity contribution in [3.8, 4) is 11.6 Å². The lowest BCUT2D eigenvalue weighted by Crippen LogP contribution is -2.49. The first kappa shape index (κ1) is 19.3. The molecule has 0 spiro atoms. The van der Waals surface area contributed by atoms with Crippen molar-refractivity contribution in [3.05, 3.63) is 54.6 Å². The first-order valence-corrected chi connectivity index (χ1v) is 10.7. The third kappa shape index (κ3) is 3.94. The van der Waals surface area contributed by atoms with Gasteiger partial charge in [-0.2, -0.15) is 14.4 Å². The fraction of sp³-hybridized carbons (Fsp3) is 0.316. The minimum atomic E-state index is -3.55. The molecule has 1 aliphatic rings. The molecule has 2 aromatic heterocycles. The van der Waals surface area contributed by atoms with Gasteiger partial charge in [0.05, 0.1) is 17.7 Å². The number of hydrogen-bond donors (Lipinski definition) is 0. The van der Waals surface area contributed by atoms with Crippen LogP contribution in [0.2, 0.25) is 0 Å². The van der Waals surface area contributed by atoms with Gasteiger partial charge in [0.1, 0.15) is 11.6 Å². The fourth-order valence-corrected chi connectivity index (χ4v) is 4.71. The smallest absolute Gasteiger partial charge is 0.243 e. The topological polar surface area (TPSA) is 93.5 Å². The Bertz CT molecular complexity index is 1080. The Morgan fingerprint density at radius 1 is 1.03 bits per heavy atom. The fourth-order valence-electron chi connectivity index (χ4n) is 3.29. The van der Waals surface area contributed by atoms with Gasteiger partial charge in [-0.05, 0) is 37.3 Å². The molecule has 1 saturated heterocycles. The molecule has 0 unspecified atom stereocenters. The monoisotopic (exact) mass is 414 g/mol. The summed E-state index contributed by atoms with van der Waals surface area (Å²) in [5, 5.41) is 4.16. The Labute approximate surface area is 169 Å². The van der Waals surface area contributed by atoms with Crippen molar-refractivity contribution >= 4 is 15.8 Å². The van der Waals surface area contributed by atoms with Crippen molar-refractivity contribution in [2.45, 2.75) is 11.8 Å². The molecule has 0 amide bonds. The summed E-state index contributed by atoms with van der Waals surface area (Å²) >= 11 is 0. The van der Waals surface area contributed by atoms with Crippen LogP contribution >= 0.6 is 0 Å². The minimum absolute atomic E-state index is 0.279. The van der Waals surface area contributed by atoms with Crippen LogP contribution in [0, 0.1) is 6.92 Å². The zero-order valence-corrected chi connectivity index (χ0v) is 17.1. The SMILES string of the molecule is COc1cc(N2CCN(S(=O)(=O)c3ccc(-n4cccn4)cc3)CC2)nc(C)n1. The number of sulfonamides is 1. The lowest BCUT2D eigenvalue weighted by Gasteiger charge is -2.34. The van der Waals surface area contributed by atoms with E-state index in [1.165, 1.54) is 4.31 Å². The van der Waals surface area contributed by atoms with E-state index in [4.69, 9.17) is 4.74 Å². The molecule has 0 N–H and O–H groups in total. The minimum Gasteiger partial charge on any atom is -0.481 e. The normalized spacial score (nSPS) is 15.4. The molecule has 9 nitrogen and oxygen atoms in total. The number of anilines is 1. The number of hydrogen-bond acceptors (Lipinski definition) is 7. The number of piperazine rings is 1. The molecule has 1 aromatic carbocycles. The molecule has 0 atom stereocenters. The van der Waals surface area contributed by atoms with Crippen LogP contribution in [0.1, 0.15) is 5.82 Å². The Morgan fingerprint density at radius 3 is 2.38 bits per heavy atom. The molecular weight excluding hydrogens is 392 g/mol. The molecular formula is C19H22N6O3S. The van der Waals surface area contributed by atoms with E-state index in [1.54, 1.807) is 55.2 Å². The number of methoxy groups -OCH3 is 1. The lowest BCUT2D eigenvalue weighted by molar-refractivity contribution is 0.380. The maximum absolute atomic E-state index is 13.0. The molecule has 0 bridgehead atoms. The lowest BCUT2D eigenvalue weighted by atomic mass is 10.3. The second-order valence-corrected chi connectivity index (χ2v) is 8.59. The van der Waals surface area contributed by atoms with E-state index in [0.717, 1.165) is 11.5 Å². The van der Waals surface area contributed by atoms with Crippen LogP contribution < -0.4 is 9.64 Å². The second-order valence-electron chi connectivity index (χ2n) is 6.65. The van der Waals surface area contributed by atoms with Gasteiger partial charge in [-0.15, -0.1) is 0 Å². The standard InChI is InChI=1S/C19H22N6O3S/c1-15-21-18(14-19(22-15)28-2)23-10-12-24(13-11-23)29(26,27)17-6-4-16(5-7-17)25-9-3-8-20-25/h3-9,14H,10-13H2,1-2H3. The number of rotatable bonds is 5. The average Bonchev–Trinajstić information content (AvgIpc) is 3.28. The van der Waals surface area contributed by atoms with E-state index in [2.05, 4.69) is 15.1 Å². The van der Waals surface area contributed by atoms with Crippen molar-refractivity contribution < 1.29 is 13.2 Å². The highest BCUT2D eigenvalue weighted by molar-refractivity contribution is 7.89. The summed E-state index contributed by atoms with van der Waals surface area (Å²) in [7, 11) is -1.99. The molecule has 1 aliphatic heterocycles. The van der Waals surface area contributed by atoms with Crippen LogP contribution in [0.5, 0.6) is 5.88 Å². The zero-order valence-electron chi connectivity index (χ0n) is 16.3. The Morgan fingerprint density at radius 2 is 1.76 bits per heavy atom. The maximum Gasteiger partial charge on any atom is 0.243 e. The van der Waals surface area contributed by atoms with Crippen molar-refractivity contribution in [3.63, 3.8) is 0 Å². The summed E-state index contributed by atoms with van der Waals surface area (Å²) in [6, 6.07) is 10.3. The van der Waals surface area contributed by atoms with Gasteiger partial charge in [-0.3, -0.25) is 0 Å². The average molecular weight is 414 g/mol. The van der Waals surface area contributed by atoms with Gasteiger partial charge >= 0.3 is 0 Å². The highest BCUT2D eigenvalue weighted by Crippen LogP contribution is 2.23. The molecule has 3 heterocycles. The van der Waals surface area contributed by atoms with Gasteiger partial charge in [0.15, 0.2) is 0 Å². The molecule has 0 radical (unpaired) electrons. The second kappa shape index (κ2) is 7.80. The summed E-state index contributed by atoms with van der Waals surface area (Å²) in [6.45, 7) is 3.66. The van der Waals surface area contributed by atoms with Crippen molar-refractivity contribution in [2.75, 3.05) is 38.2 Å². The van der Waals surface area contributed by atoms with Gasteiger partial charge in [-0.25, -0.2) is 18.1 Å². The van der Waals surface area contributed by atoms with Crippen molar-refractivity contribution in [1.29, 1.82) is 0 Å². The Balaban J connectivity index is 1.47. The van der Waals surface area contributed by atoms with Gasteiger partial charge in [0.25, 0.3) is 0 Å². The number of aromatic nitrogens is 4. The van der Waals surface area contributed by atoms with E-state index in [1.807, 2.05) is 17.2 Å². The molecule has 0 aliphatic carbocycles. The molecule has 3 aromatic rings. The molecule has 10 heteroatoms. The molecule has 152 valence electrons. The number of ether oxygens (including phenoxy) is 1. The number of benzene rings is 1.